The third-order valence-electron chi connectivity index (χ3n) is 3.04. The summed E-state index contributed by atoms with van der Waals surface area (Å²) in [5, 5.41) is 9.03. The van der Waals surface area contributed by atoms with Gasteiger partial charge in [0.05, 0.1) is 0 Å². The van der Waals surface area contributed by atoms with Gasteiger partial charge in [0.2, 0.25) is 0 Å². The van der Waals surface area contributed by atoms with E-state index < -0.39 is 11.5 Å². The van der Waals surface area contributed by atoms with E-state index >= 15 is 0 Å². The second-order valence-corrected chi connectivity index (χ2v) is 3.53. The number of hydrogen-bond acceptors (Lipinski definition) is 2. The van der Waals surface area contributed by atoms with Gasteiger partial charge in [0.1, 0.15) is 5.54 Å². The van der Waals surface area contributed by atoms with Crippen LogP contribution in [0.25, 0.3) is 0 Å². The molecule has 3 heteroatoms. The van der Waals surface area contributed by atoms with Crippen LogP contribution in [0.5, 0.6) is 0 Å². The highest BCUT2D eigenvalue weighted by molar-refractivity contribution is 5.79. The van der Waals surface area contributed by atoms with E-state index in [4.69, 9.17) is 5.11 Å². The molecule has 62 valence electrons. The van der Waals surface area contributed by atoms with Crippen LogP contribution in [0.2, 0.25) is 0 Å². The number of carboxylic acid groups (broad SMARTS) is 1. The maximum absolute atomic E-state index is 11.0. The number of hydrogen-bond donors (Lipinski definition) is 1. The Balaban J connectivity index is 2.26. The lowest BCUT2D eigenvalue weighted by atomic mass is 9.95. The molecule has 2 aliphatic rings. The van der Waals surface area contributed by atoms with E-state index in [9.17, 15) is 4.79 Å². The molecular weight excluding hydrogens is 142 g/mol. The van der Waals surface area contributed by atoms with Crippen molar-refractivity contribution in [3.8, 4) is 0 Å². The van der Waals surface area contributed by atoms with E-state index in [1.165, 1.54) is 0 Å². The molecule has 2 fully saturated rings. The van der Waals surface area contributed by atoms with Crippen LogP contribution in [-0.2, 0) is 4.79 Å². The summed E-state index contributed by atoms with van der Waals surface area (Å²) in [7, 11) is 0. The van der Waals surface area contributed by atoms with E-state index in [0.717, 1.165) is 38.8 Å². The SMILES string of the molecule is O=C(O)C12CCCN1CCC2. The van der Waals surface area contributed by atoms with Gasteiger partial charge >= 0.3 is 5.97 Å². The second kappa shape index (κ2) is 2.21. The fourth-order valence-electron chi connectivity index (χ4n) is 2.45. The predicted octanol–water partition coefficient (Wildman–Crippen LogP) is 0.699. The molecule has 2 heterocycles. The number of fused-ring (bicyclic) bond motifs is 1. The molecule has 0 unspecified atom stereocenters. The molecule has 2 aliphatic heterocycles. The van der Waals surface area contributed by atoms with Crippen LogP contribution in [0.4, 0.5) is 0 Å². The summed E-state index contributed by atoms with van der Waals surface area (Å²) >= 11 is 0. The Hall–Kier alpha value is -0.570. The van der Waals surface area contributed by atoms with Crippen molar-refractivity contribution in [3.63, 3.8) is 0 Å². The highest BCUT2D eigenvalue weighted by Gasteiger charge is 2.50. The number of carbonyl (C=O) groups is 1. The molecule has 0 atom stereocenters. The van der Waals surface area contributed by atoms with Gasteiger partial charge in [-0.2, -0.15) is 0 Å². The molecule has 0 aromatic heterocycles. The standard InChI is InChI=1S/C8H13NO2/c10-7(11)8-3-1-5-9(8)6-2-4-8/h1-6H2,(H,10,11). The van der Waals surface area contributed by atoms with Crippen molar-refractivity contribution in [1.29, 1.82) is 0 Å². The molecule has 1 N–H and O–H groups in total. The molecule has 11 heavy (non-hydrogen) atoms. The average Bonchev–Trinajstić information content (AvgIpc) is 2.40. The van der Waals surface area contributed by atoms with Crippen LogP contribution in [0, 0.1) is 0 Å². The van der Waals surface area contributed by atoms with Crippen molar-refractivity contribution in [1.82, 2.24) is 4.90 Å². The monoisotopic (exact) mass is 155 g/mol. The van der Waals surface area contributed by atoms with Crippen LogP contribution >= 0.6 is 0 Å². The Bertz CT molecular complexity index is 181. The zero-order valence-electron chi connectivity index (χ0n) is 6.55. The summed E-state index contributed by atoms with van der Waals surface area (Å²) in [5.41, 5.74) is -0.444. The molecule has 0 aromatic carbocycles. The van der Waals surface area contributed by atoms with Crippen molar-refractivity contribution >= 4 is 5.97 Å². The number of carboxylic acids is 1. The predicted molar refractivity (Wildman–Crippen MR) is 40.4 cm³/mol. The first-order chi connectivity index (χ1) is 5.26. The highest BCUT2D eigenvalue weighted by Crippen LogP contribution is 2.38. The highest BCUT2D eigenvalue weighted by atomic mass is 16.4. The van der Waals surface area contributed by atoms with Crippen LogP contribution in [0.1, 0.15) is 25.7 Å². The van der Waals surface area contributed by atoms with Gasteiger partial charge in [-0.3, -0.25) is 9.69 Å². The third-order valence-corrected chi connectivity index (χ3v) is 3.04. The Kier molecular flexibility index (Phi) is 1.42. The lowest BCUT2D eigenvalue weighted by Crippen LogP contribution is -2.45. The Labute approximate surface area is 66.0 Å². The first-order valence-electron chi connectivity index (χ1n) is 4.24. The van der Waals surface area contributed by atoms with Gasteiger partial charge in [0.15, 0.2) is 0 Å². The molecule has 2 saturated heterocycles. The van der Waals surface area contributed by atoms with Crippen LogP contribution in [0.3, 0.4) is 0 Å². The Morgan fingerprint density at radius 3 is 2.18 bits per heavy atom. The van der Waals surface area contributed by atoms with Gasteiger partial charge in [-0.1, -0.05) is 0 Å². The van der Waals surface area contributed by atoms with Crippen LogP contribution in [0.15, 0.2) is 0 Å². The minimum atomic E-state index is -0.604. The number of aliphatic carboxylic acids is 1. The summed E-state index contributed by atoms with van der Waals surface area (Å²) in [5.74, 6) is -0.604. The average molecular weight is 155 g/mol. The molecule has 0 radical (unpaired) electrons. The fraction of sp³-hybridized carbons (Fsp3) is 0.875. The van der Waals surface area contributed by atoms with E-state index in [2.05, 4.69) is 4.90 Å². The van der Waals surface area contributed by atoms with Crippen molar-refractivity contribution in [2.45, 2.75) is 31.2 Å². The first-order valence-corrected chi connectivity index (χ1v) is 4.24. The first kappa shape index (κ1) is 7.10. The van der Waals surface area contributed by atoms with Crippen molar-refractivity contribution < 1.29 is 9.90 Å². The second-order valence-electron chi connectivity index (χ2n) is 3.53. The van der Waals surface area contributed by atoms with Gasteiger partial charge in [-0.15, -0.1) is 0 Å². The van der Waals surface area contributed by atoms with E-state index in [-0.39, 0.29) is 0 Å². The smallest absolute Gasteiger partial charge is 0.324 e. The maximum atomic E-state index is 11.0. The molecule has 0 amide bonds. The Morgan fingerprint density at radius 1 is 1.27 bits per heavy atom. The molecule has 2 rings (SSSR count). The lowest BCUT2D eigenvalue weighted by Gasteiger charge is -2.26. The normalized spacial score (nSPS) is 28.7. The number of rotatable bonds is 1. The van der Waals surface area contributed by atoms with E-state index in [1.54, 1.807) is 0 Å². The van der Waals surface area contributed by atoms with Gasteiger partial charge in [-0.25, -0.2) is 0 Å². The van der Waals surface area contributed by atoms with Crippen molar-refractivity contribution in [2.24, 2.45) is 0 Å². The number of nitrogens with zero attached hydrogens (tertiary/aromatic N) is 1. The van der Waals surface area contributed by atoms with Gasteiger partial charge in [0.25, 0.3) is 0 Å². The van der Waals surface area contributed by atoms with Gasteiger partial charge in [-0.05, 0) is 38.8 Å². The van der Waals surface area contributed by atoms with Gasteiger partial charge < -0.3 is 5.11 Å². The summed E-state index contributed by atoms with van der Waals surface area (Å²) < 4.78 is 0. The fourth-order valence-corrected chi connectivity index (χ4v) is 2.45. The molecule has 0 aromatic rings. The van der Waals surface area contributed by atoms with Crippen LogP contribution in [-0.4, -0.2) is 34.6 Å². The molecule has 0 spiro atoms. The zero-order valence-corrected chi connectivity index (χ0v) is 6.55. The summed E-state index contributed by atoms with van der Waals surface area (Å²) in [6.07, 6.45) is 3.85. The Morgan fingerprint density at radius 2 is 1.82 bits per heavy atom. The summed E-state index contributed by atoms with van der Waals surface area (Å²) in [4.78, 5) is 13.1. The molecule has 0 saturated carbocycles. The summed E-state index contributed by atoms with van der Waals surface area (Å²) in [6.45, 7) is 1.98. The van der Waals surface area contributed by atoms with Crippen LogP contribution < -0.4 is 0 Å². The third kappa shape index (κ3) is 0.805. The van der Waals surface area contributed by atoms with E-state index in [1.807, 2.05) is 0 Å². The molecule has 0 bridgehead atoms. The quantitative estimate of drug-likeness (QED) is 0.606. The minimum Gasteiger partial charge on any atom is -0.480 e. The molecule has 0 aliphatic carbocycles. The zero-order chi connectivity index (χ0) is 7.90. The molecule has 3 nitrogen and oxygen atoms in total. The minimum absolute atomic E-state index is 0.444. The van der Waals surface area contributed by atoms with Gasteiger partial charge in [0, 0.05) is 0 Å². The molecular formula is C8H13NO2. The van der Waals surface area contributed by atoms with Crippen molar-refractivity contribution in [3.05, 3.63) is 0 Å². The topological polar surface area (TPSA) is 40.5 Å². The largest absolute Gasteiger partial charge is 0.480 e. The summed E-state index contributed by atoms with van der Waals surface area (Å²) in [6, 6.07) is 0. The van der Waals surface area contributed by atoms with Crippen molar-refractivity contribution in [2.75, 3.05) is 13.1 Å². The van der Waals surface area contributed by atoms with E-state index in [0.29, 0.717) is 0 Å². The lowest BCUT2D eigenvalue weighted by molar-refractivity contribution is -0.147. The maximum Gasteiger partial charge on any atom is 0.324 e.